The van der Waals surface area contributed by atoms with Crippen molar-refractivity contribution in [2.45, 2.75) is 69.2 Å². The molecule has 0 amide bonds. The fourth-order valence-corrected chi connectivity index (χ4v) is 6.08. The van der Waals surface area contributed by atoms with Crippen LogP contribution < -0.4 is 0 Å². The standard InChI is InChI=1S/C26H29F3S2/c1-17-15-21(31-23(12-13-26(27,28)29)22-7-6-14-30-22)16-18(2)24(17)19-8-10-20(11-9-19)25(3,4)5/h6-11,14-16,23H,12-13H2,1-5H3. The van der Waals surface area contributed by atoms with Gasteiger partial charge in [0.1, 0.15) is 0 Å². The first-order valence-electron chi connectivity index (χ1n) is 10.4. The number of rotatable bonds is 6. The summed E-state index contributed by atoms with van der Waals surface area (Å²) in [5.41, 5.74) is 6.07. The molecular formula is C26H29F3S2. The Hall–Kier alpha value is -1.72. The molecule has 0 aliphatic rings. The van der Waals surface area contributed by atoms with Gasteiger partial charge in [0.15, 0.2) is 0 Å². The molecule has 1 heterocycles. The Kier molecular flexibility index (Phi) is 7.27. The van der Waals surface area contributed by atoms with Crippen molar-refractivity contribution >= 4 is 23.1 Å². The van der Waals surface area contributed by atoms with Crippen molar-refractivity contribution in [2.75, 3.05) is 0 Å². The molecule has 5 heteroatoms. The van der Waals surface area contributed by atoms with E-state index in [-0.39, 0.29) is 17.1 Å². The van der Waals surface area contributed by atoms with E-state index >= 15 is 0 Å². The third-order valence-corrected chi connectivity index (χ3v) is 7.79. The van der Waals surface area contributed by atoms with E-state index < -0.39 is 12.6 Å². The maximum atomic E-state index is 12.9. The van der Waals surface area contributed by atoms with Crippen LogP contribution in [0.2, 0.25) is 0 Å². The lowest BCUT2D eigenvalue weighted by molar-refractivity contribution is -0.135. The molecule has 3 aromatic rings. The van der Waals surface area contributed by atoms with Gasteiger partial charge in [-0.15, -0.1) is 23.1 Å². The molecule has 0 fully saturated rings. The van der Waals surface area contributed by atoms with E-state index in [9.17, 15) is 13.2 Å². The van der Waals surface area contributed by atoms with Crippen LogP contribution in [0.15, 0.2) is 58.8 Å². The second-order valence-corrected chi connectivity index (χ2v) is 11.3. The summed E-state index contributed by atoms with van der Waals surface area (Å²) in [7, 11) is 0. The summed E-state index contributed by atoms with van der Waals surface area (Å²) < 4.78 is 38.6. The molecule has 0 spiro atoms. The predicted molar refractivity (Wildman–Crippen MR) is 128 cm³/mol. The normalized spacial score (nSPS) is 13.4. The zero-order valence-corrected chi connectivity index (χ0v) is 20.3. The van der Waals surface area contributed by atoms with Gasteiger partial charge in [-0.25, -0.2) is 0 Å². The summed E-state index contributed by atoms with van der Waals surface area (Å²) in [5.74, 6) is 0. The second kappa shape index (κ2) is 9.41. The van der Waals surface area contributed by atoms with Crippen molar-refractivity contribution in [3.63, 3.8) is 0 Å². The van der Waals surface area contributed by atoms with Crippen LogP contribution in [0, 0.1) is 13.8 Å². The first kappa shape index (κ1) is 23.9. The maximum Gasteiger partial charge on any atom is 0.389 e. The van der Waals surface area contributed by atoms with Crippen LogP contribution >= 0.6 is 23.1 Å². The SMILES string of the molecule is Cc1cc(SC(CCC(F)(F)F)c2cccs2)cc(C)c1-c1ccc(C(C)(C)C)cc1. The smallest absolute Gasteiger partial charge is 0.171 e. The first-order valence-corrected chi connectivity index (χ1v) is 12.2. The highest BCUT2D eigenvalue weighted by Gasteiger charge is 2.29. The van der Waals surface area contributed by atoms with E-state index in [1.807, 2.05) is 17.5 Å². The van der Waals surface area contributed by atoms with Crippen molar-refractivity contribution in [2.24, 2.45) is 0 Å². The molecule has 166 valence electrons. The number of alkyl halides is 3. The minimum atomic E-state index is -4.13. The molecule has 0 N–H and O–H groups in total. The minimum absolute atomic E-state index is 0.0861. The molecule has 0 bridgehead atoms. The Morgan fingerprint density at radius 3 is 2.03 bits per heavy atom. The van der Waals surface area contributed by atoms with E-state index in [0.717, 1.165) is 20.9 Å². The summed E-state index contributed by atoms with van der Waals surface area (Å²) in [4.78, 5) is 2.01. The third-order valence-electron chi connectivity index (χ3n) is 5.37. The Morgan fingerprint density at radius 2 is 1.55 bits per heavy atom. The van der Waals surface area contributed by atoms with E-state index in [4.69, 9.17) is 0 Å². The van der Waals surface area contributed by atoms with Crippen LogP contribution in [-0.2, 0) is 5.41 Å². The zero-order chi connectivity index (χ0) is 22.8. The number of benzene rings is 2. The van der Waals surface area contributed by atoms with Crippen LogP contribution in [0.25, 0.3) is 11.1 Å². The molecule has 31 heavy (non-hydrogen) atoms. The summed E-state index contributed by atoms with van der Waals surface area (Å²) in [6, 6.07) is 16.8. The van der Waals surface area contributed by atoms with Gasteiger partial charge in [-0.2, -0.15) is 13.2 Å². The van der Waals surface area contributed by atoms with E-state index in [1.54, 1.807) is 0 Å². The molecule has 3 rings (SSSR count). The van der Waals surface area contributed by atoms with E-state index in [0.29, 0.717) is 0 Å². The molecule has 0 radical (unpaired) electrons. The minimum Gasteiger partial charge on any atom is -0.171 e. The summed E-state index contributed by atoms with van der Waals surface area (Å²) in [6.07, 6.45) is -4.81. The molecule has 0 saturated carbocycles. The largest absolute Gasteiger partial charge is 0.389 e. The van der Waals surface area contributed by atoms with Crippen LogP contribution in [0.5, 0.6) is 0 Å². The molecule has 1 atom stereocenters. The second-order valence-electron chi connectivity index (χ2n) is 9.04. The van der Waals surface area contributed by atoms with Gasteiger partial charge in [0.25, 0.3) is 0 Å². The quantitative estimate of drug-likeness (QED) is 0.329. The van der Waals surface area contributed by atoms with Crippen LogP contribution in [-0.4, -0.2) is 6.18 Å². The first-order chi connectivity index (χ1) is 14.4. The van der Waals surface area contributed by atoms with Gasteiger partial charge in [-0.05, 0) is 77.1 Å². The fraction of sp³-hybridized carbons (Fsp3) is 0.385. The number of thioether (sulfide) groups is 1. The monoisotopic (exact) mass is 462 g/mol. The summed E-state index contributed by atoms with van der Waals surface area (Å²) in [6.45, 7) is 10.8. The molecule has 0 nitrogen and oxygen atoms in total. The van der Waals surface area contributed by atoms with Crippen molar-refractivity contribution in [1.29, 1.82) is 0 Å². The summed E-state index contributed by atoms with van der Waals surface area (Å²) >= 11 is 3.06. The average molecular weight is 463 g/mol. The fourth-order valence-electron chi connectivity index (χ4n) is 3.78. The highest BCUT2D eigenvalue weighted by molar-refractivity contribution is 7.99. The van der Waals surface area contributed by atoms with Gasteiger partial charge < -0.3 is 0 Å². The van der Waals surface area contributed by atoms with Gasteiger partial charge in [0, 0.05) is 21.4 Å². The van der Waals surface area contributed by atoms with E-state index in [1.165, 1.54) is 39.8 Å². The lowest BCUT2D eigenvalue weighted by atomic mass is 9.85. The lowest BCUT2D eigenvalue weighted by Crippen LogP contribution is -2.10. The molecule has 0 aliphatic heterocycles. The Morgan fingerprint density at radius 1 is 0.935 bits per heavy atom. The molecular weight excluding hydrogens is 433 g/mol. The zero-order valence-electron chi connectivity index (χ0n) is 18.6. The van der Waals surface area contributed by atoms with Gasteiger partial charge in [-0.3, -0.25) is 0 Å². The van der Waals surface area contributed by atoms with Gasteiger partial charge in [-0.1, -0.05) is 51.1 Å². The molecule has 2 aromatic carbocycles. The van der Waals surface area contributed by atoms with Gasteiger partial charge in [0.2, 0.25) is 0 Å². The lowest BCUT2D eigenvalue weighted by Gasteiger charge is -2.21. The highest BCUT2D eigenvalue weighted by Crippen LogP contribution is 2.44. The topological polar surface area (TPSA) is 0 Å². The van der Waals surface area contributed by atoms with Crippen LogP contribution in [0.3, 0.4) is 0 Å². The number of halogens is 3. The van der Waals surface area contributed by atoms with Crippen molar-refractivity contribution < 1.29 is 13.2 Å². The Labute approximate surface area is 191 Å². The Balaban J connectivity index is 1.86. The van der Waals surface area contributed by atoms with Crippen molar-refractivity contribution in [3.8, 4) is 11.1 Å². The average Bonchev–Trinajstić information content (AvgIpc) is 3.18. The molecule has 1 aromatic heterocycles. The molecule has 0 aliphatic carbocycles. The molecule has 1 unspecified atom stereocenters. The van der Waals surface area contributed by atoms with Crippen LogP contribution in [0.1, 0.15) is 60.4 Å². The highest BCUT2D eigenvalue weighted by atomic mass is 32.2. The third kappa shape index (κ3) is 6.39. The maximum absolute atomic E-state index is 12.9. The van der Waals surface area contributed by atoms with Crippen molar-refractivity contribution in [1.82, 2.24) is 0 Å². The Bertz CT molecular complexity index is 972. The van der Waals surface area contributed by atoms with Crippen LogP contribution in [0.4, 0.5) is 13.2 Å². The number of hydrogen-bond acceptors (Lipinski definition) is 2. The van der Waals surface area contributed by atoms with Gasteiger partial charge >= 0.3 is 6.18 Å². The number of hydrogen-bond donors (Lipinski definition) is 0. The summed E-state index contributed by atoms with van der Waals surface area (Å²) in [5, 5.41) is 1.73. The molecule has 0 saturated heterocycles. The van der Waals surface area contributed by atoms with Crippen molar-refractivity contribution in [3.05, 3.63) is 75.5 Å². The number of thiophene rings is 1. The predicted octanol–water partition coefficient (Wildman–Crippen LogP) is 9.51. The van der Waals surface area contributed by atoms with Gasteiger partial charge in [0.05, 0.1) is 0 Å². The number of aryl methyl sites for hydroxylation is 2. The van der Waals surface area contributed by atoms with E-state index in [2.05, 4.69) is 71.0 Å².